The molecule has 0 saturated heterocycles. The highest BCUT2D eigenvalue weighted by molar-refractivity contribution is 7.99. The average Bonchev–Trinajstić information content (AvgIpc) is 3.04. The van der Waals surface area contributed by atoms with Crippen LogP contribution in [0, 0.1) is 10.1 Å². The Kier molecular flexibility index (Phi) is 7.41. The largest absolute Gasteiger partial charge is 0.380 e. The second kappa shape index (κ2) is 10.0. The monoisotopic (exact) mass is 445 g/mol. The van der Waals surface area contributed by atoms with E-state index in [1.165, 1.54) is 23.5 Å². The van der Waals surface area contributed by atoms with Crippen molar-refractivity contribution in [1.82, 2.24) is 4.57 Å². The number of benzene rings is 2. The first-order valence-electron chi connectivity index (χ1n) is 9.60. The Morgan fingerprint density at radius 3 is 2.63 bits per heavy atom. The number of nitro benzene ring substituents is 1. The van der Waals surface area contributed by atoms with Gasteiger partial charge in [0.2, 0.25) is 0 Å². The minimum absolute atomic E-state index is 0.00146. The molecular formula is C21H23N3O4S2. The van der Waals surface area contributed by atoms with Gasteiger partial charge < -0.3 is 9.30 Å². The lowest BCUT2D eigenvalue weighted by Crippen LogP contribution is -2.19. The van der Waals surface area contributed by atoms with Gasteiger partial charge in [-0.15, -0.1) is 11.8 Å². The van der Waals surface area contributed by atoms with Crippen molar-refractivity contribution < 1.29 is 14.5 Å². The van der Waals surface area contributed by atoms with E-state index in [0.29, 0.717) is 40.9 Å². The number of carbonyl (C=O) groups excluding carboxylic acids is 1. The van der Waals surface area contributed by atoms with Crippen molar-refractivity contribution in [3.05, 3.63) is 62.9 Å². The van der Waals surface area contributed by atoms with E-state index in [9.17, 15) is 14.9 Å². The van der Waals surface area contributed by atoms with Crippen LogP contribution in [-0.4, -0.2) is 33.9 Å². The number of rotatable bonds is 8. The van der Waals surface area contributed by atoms with Gasteiger partial charge in [0.25, 0.3) is 11.6 Å². The number of carbonyl (C=O) groups is 1. The van der Waals surface area contributed by atoms with Crippen molar-refractivity contribution in [3.8, 4) is 0 Å². The summed E-state index contributed by atoms with van der Waals surface area (Å²) in [5.74, 6) is -0.345. The molecule has 0 aliphatic carbocycles. The van der Waals surface area contributed by atoms with Crippen LogP contribution in [0.15, 0.2) is 52.4 Å². The summed E-state index contributed by atoms with van der Waals surface area (Å²) >= 11 is 3.06. The van der Waals surface area contributed by atoms with Gasteiger partial charge in [0.05, 0.1) is 21.7 Å². The van der Waals surface area contributed by atoms with Crippen LogP contribution < -0.4 is 4.80 Å². The third kappa shape index (κ3) is 5.35. The summed E-state index contributed by atoms with van der Waals surface area (Å²) < 4.78 is 8.08. The molecule has 0 unspecified atom stereocenters. The summed E-state index contributed by atoms with van der Waals surface area (Å²) in [6, 6.07) is 12.1. The zero-order valence-electron chi connectivity index (χ0n) is 17.0. The molecule has 0 saturated carbocycles. The number of aromatic nitrogens is 1. The van der Waals surface area contributed by atoms with Crippen molar-refractivity contribution >= 4 is 44.9 Å². The number of hydrogen-bond donors (Lipinski definition) is 0. The molecular weight excluding hydrogens is 422 g/mol. The molecule has 30 heavy (non-hydrogen) atoms. The molecule has 1 heterocycles. The van der Waals surface area contributed by atoms with Gasteiger partial charge >= 0.3 is 0 Å². The normalized spacial score (nSPS) is 12.1. The number of fused-ring (bicyclic) bond motifs is 1. The van der Waals surface area contributed by atoms with Crippen molar-refractivity contribution in [2.45, 2.75) is 37.5 Å². The molecule has 0 bridgehead atoms. The van der Waals surface area contributed by atoms with Crippen molar-refractivity contribution in [1.29, 1.82) is 0 Å². The van der Waals surface area contributed by atoms with Gasteiger partial charge in [0.1, 0.15) is 0 Å². The molecule has 0 aliphatic heterocycles. The summed E-state index contributed by atoms with van der Waals surface area (Å²) in [4.78, 5) is 29.4. The number of non-ortho nitro benzene ring substituents is 1. The third-order valence-corrected chi connectivity index (χ3v) is 6.28. The Hall–Kier alpha value is -2.49. The molecule has 7 nitrogen and oxygen atoms in total. The maximum absolute atomic E-state index is 12.8. The molecule has 0 spiro atoms. The lowest BCUT2D eigenvalue weighted by atomic mass is 10.2. The lowest BCUT2D eigenvalue weighted by Gasteiger charge is -2.06. The smallest absolute Gasteiger partial charge is 0.279 e. The van der Waals surface area contributed by atoms with Gasteiger partial charge in [-0.25, -0.2) is 0 Å². The zero-order chi connectivity index (χ0) is 21.7. The topological polar surface area (TPSA) is 86.7 Å². The number of nitro groups is 1. The van der Waals surface area contributed by atoms with Crippen LogP contribution in [0.5, 0.6) is 0 Å². The Morgan fingerprint density at radius 2 is 2.00 bits per heavy atom. The molecule has 0 radical (unpaired) electrons. The number of ether oxygens (including phenoxy) is 1. The van der Waals surface area contributed by atoms with Crippen LogP contribution in [0.3, 0.4) is 0 Å². The molecule has 1 amide bonds. The van der Waals surface area contributed by atoms with E-state index in [0.717, 1.165) is 9.60 Å². The summed E-state index contributed by atoms with van der Waals surface area (Å²) in [5, 5.41) is 11.6. The molecule has 0 fully saturated rings. The molecule has 0 aliphatic rings. The van der Waals surface area contributed by atoms with Crippen LogP contribution in [0.4, 0.5) is 5.69 Å². The summed E-state index contributed by atoms with van der Waals surface area (Å²) in [6.07, 6.45) is 0. The van der Waals surface area contributed by atoms with E-state index in [1.54, 1.807) is 30.0 Å². The fourth-order valence-corrected chi connectivity index (χ4v) is 4.74. The summed E-state index contributed by atoms with van der Waals surface area (Å²) in [5.41, 5.74) is 1.17. The van der Waals surface area contributed by atoms with Gasteiger partial charge in [-0.05, 0) is 37.3 Å². The standard InChI is InChI=1S/C21H23N3O4S2/c1-4-28-12-11-23-18-13-16(24(26)27)7-10-19(18)30-21(23)22-20(25)15-5-8-17(9-6-15)29-14(2)3/h5-10,13-14H,4,11-12H2,1-3H3. The number of nitrogens with zero attached hydrogens (tertiary/aromatic N) is 3. The third-order valence-electron chi connectivity index (χ3n) is 4.21. The van der Waals surface area contributed by atoms with Crippen LogP contribution in [0.1, 0.15) is 31.1 Å². The van der Waals surface area contributed by atoms with Crippen LogP contribution in [0.25, 0.3) is 10.2 Å². The molecule has 158 valence electrons. The molecule has 2 aromatic carbocycles. The number of amides is 1. The fourth-order valence-electron chi connectivity index (χ4n) is 2.87. The lowest BCUT2D eigenvalue weighted by molar-refractivity contribution is -0.384. The van der Waals surface area contributed by atoms with Crippen molar-refractivity contribution in [2.24, 2.45) is 4.99 Å². The molecule has 9 heteroatoms. The second-order valence-electron chi connectivity index (χ2n) is 6.75. The Morgan fingerprint density at radius 1 is 1.27 bits per heavy atom. The molecule has 3 rings (SSSR count). The highest BCUT2D eigenvalue weighted by atomic mass is 32.2. The van der Waals surface area contributed by atoms with Crippen LogP contribution in [-0.2, 0) is 11.3 Å². The maximum atomic E-state index is 12.8. The van der Waals surface area contributed by atoms with Gasteiger partial charge in [-0.2, -0.15) is 4.99 Å². The van der Waals surface area contributed by atoms with Gasteiger partial charge in [-0.1, -0.05) is 25.2 Å². The quantitative estimate of drug-likeness (QED) is 0.213. The van der Waals surface area contributed by atoms with Gasteiger partial charge in [0.15, 0.2) is 4.80 Å². The van der Waals surface area contributed by atoms with E-state index in [-0.39, 0.29) is 11.6 Å². The van der Waals surface area contributed by atoms with Gasteiger partial charge in [0, 0.05) is 41.0 Å². The number of thioether (sulfide) groups is 1. The summed E-state index contributed by atoms with van der Waals surface area (Å²) in [6.45, 7) is 7.57. The van der Waals surface area contributed by atoms with Crippen LogP contribution in [0.2, 0.25) is 0 Å². The van der Waals surface area contributed by atoms with Gasteiger partial charge in [-0.3, -0.25) is 14.9 Å². The molecule has 0 atom stereocenters. The van der Waals surface area contributed by atoms with Crippen LogP contribution >= 0.6 is 23.1 Å². The van der Waals surface area contributed by atoms with E-state index in [4.69, 9.17) is 4.74 Å². The molecule has 1 aromatic heterocycles. The highest BCUT2D eigenvalue weighted by Gasteiger charge is 2.14. The fraction of sp³-hybridized carbons (Fsp3) is 0.333. The van der Waals surface area contributed by atoms with E-state index < -0.39 is 4.92 Å². The first-order chi connectivity index (χ1) is 14.4. The Bertz CT molecular complexity index is 1120. The predicted octanol–water partition coefficient (Wildman–Crippen LogP) is 4.89. The Labute approximate surface area is 182 Å². The predicted molar refractivity (Wildman–Crippen MR) is 120 cm³/mol. The SMILES string of the molecule is CCOCCn1c(=NC(=O)c2ccc(SC(C)C)cc2)sc2ccc([N+](=O)[O-])cc21. The Balaban J connectivity index is 1.99. The van der Waals surface area contributed by atoms with Crippen molar-refractivity contribution in [3.63, 3.8) is 0 Å². The molecule has 0 N–H and O–H groups in total. The number of thiazole rings is 1. The molecule has 3 aromatic rings. The second-order valence-corrected chi connectivity index (χ2v) is 9.41. The van der Waals surface area contributed by atoms with E-state index >= 15 is 0 Å². The maximum Gasteiger partial charge on any atom is 0.279 e. The number of hydrogen-bond acceptors (Lipinski definition) is 6. The minimum atomic E-state index is -0.428. The zero-order valence-corrected chi connectivity index (χ0v) is 18.7. The first-order valence-corrected chi connectivity index (χ1v) is 11.3. The van der Waals surface area contributed by atoms with Crippen molar-refractivity contribution in [2.75, 3.05) is 13.2 Å². The van der Waals surface area contributed by atoms with E-state index in [2.05, 4.69) is 18.8 Å². The van der Waals surface area contributed by atoms with E-state index in [1.807, 2.05) is 23.6 Å². The first kappa shape index (κ1) is 22.2. The minimum Gasteiger partial charge on any atom is -0.380 e. The average molecular weight is 446 g/mol. The summed E-state index contributed by atoms with van der Waals surface area (Å²) in [7, 11) is 0. The highest BCUT2D eigenvalue weighted by Crippen LogP contribution is 2.24.